The second kappa shape index (κ2) is 7.15. The van der Waals surface area contributed by atoms with Gasteiger partial charge in [-0.3, -0.25) is 0 Å². The van der Waals surface area contributed by atoms with E-state index < -0.39 is 9.84 Å². The zero-order chi connectivity index (χ0) is 17.0. The maximum absolute atomic E-state index is 11.5. The Hall–Kier alpha value is -1.85. The molecule has 0 aliphatic rings. The average molecular weight is 333 g/mol. The summed E-state index contributed by atoms with van der Waals surface area (Å²) in [5.41, 5.74) is 3.14. The van der Waals surface area contributed by atoms with Crippen molar-refractivity contribution in [3.63, 3.8) is 0 Å². The first-order valence-corrected chi connectivity index (χ1v) is 9.39. The van der Waals surface area contributed by atoms with Crippen molar-refractivity contribution in [1.29, 1.82) is 0 Å². The standard InChI is InChI=1S/C18H23NO3S/c1-13(15-8-10-18(11-9-15)23(4,20)21)19-17-7-5-6-16(12-17)14(2)22-3/h5-14,19H,1-4H3/t13-,14+/m1/s1. The molecule has 2 rings (SSSR count). The number of sulfone groups is 1. The van der Waals surface area contributed by atoms with Crippen molar-refractivity contribution in [3.8, 4) is 0 Å². The minimum Gasteiger partial charge on any atom is -0.379 e. The van der Waals surface area contributed by atoms with Crippen molar-refractivity contribution in [1.82, 2.24) is 0 Å². The third-order valence-electron chi connectivity index (χ3n) is 3.90. The quantitative estimate of drug-likeness (QED) is 0.869. The SMILES string of the molecule is CO[C@@H](C)c1cccc(N[C@H](C)c2ccc(S(C)(=O)=O)cc2)c1. The van der Waals surface area contributed by atoms with Gasteiger partial charge in [-0.25, -0.2) is 8.42 Å². The minimum absolute atomic E-state index is 0.0427. The first-order chi connectivity index (χ1) is 10.8. The fourth-order valence-electron chi connectivity index (χ4n) is 2.35. The highest BCUT2D eigenvalue weighted by molar-refractivity contribution is 7.90. The number of methoxy groups -OCH3 is 1. The van der Waals surface area contributed by atoms with Crippen LogP contribution in [0.15, 0.2) is 53.4 Å². The Morgan fingerprint density at radius 3 is 2.22 bits per heavy atom. The highest BCUT2D eigenvalue weighted by Gasteiger charge is 2.10. The zero-order valence-electron chi connectivity index (χ0n) is 13.9. The van der Waals surface area contributed by atoms with E-state index in [1.54, 1.807) is 19.2 Å². The summed E-state index contributed by atoms with van der Waals surface area (Å²) in [7, 11) is -1.47. The van der Waals surface area contributed by atoms with Gasteiger partial charge in [0.1, 0.15) is 0 Å². The number of ether oxygens (including phenoxy) is 1. The Kier molecular flexibility index (Phi) is 5.44. The van der Waals surface area contributed by atoms with Crippen LogP contribution in [-0.2, 0) is 14.6 Å². The molecule has 0 heterocycles. The molecule has 5 heteroatoms. The lowest BCUT2D eigenvalue weighted by Gasteiger charge is -2.18. The first kappa shape index (κ1) is 17.5. The largest absolute Gasteiger partial charge is 0.379 e. The summed E-state index contributed by atoms with van der Waals surface area (Å²) in [5.74, 6) is 0. The molecular formula is C18H23NO3S. The number of hydrogen-bond acceptors (Lipinski definition) is 4. The molecule has 0 saturated carbocycles. The van der Waals surface area contributed by atoms with E-state index in [2.05, 4.69) is 11.4 Å². The number of benzene rings is 2. The topological polar surface area (TPSA) is 55.4 Å². The summed E-state index contributed by atoms with van der Waals surface area (Å²) in [6.45, 7) is 4.05. The summed E-state index contributed by atoms with van der Waals surface area (Å²) in [4.78, 5) is 0.337. The van der Waals surface area contributed by atoms with Crippen LogP contribution in [0.4, 0.5) is 5.69 Å². The van der Waals surface area contributed by atoms with Gasteiger partial charge in [-0.2, -0.15) is 0 Å². The molecule has 2 aromatic rings. The van der Waals surface area contributed by atoms with Crippen LogP contribution in [0.3, 0.4) is 0 Å². The van der Waals surface area contributed by atoms with Gasteiger partial charge in [0.25, 0.3) is 0 Å². The van der Waals surface area contributed by atoms with Crippen molar-refractivity contribution < 1.29 is 13.2 Å². The Morgan fingerprint density at radius 2 is 1.65 bits per heavy atom. The molecule has 0 aliphatic carbocycles. The molecule has 0 spiro atoms. The fourth-order valence-corrected chi connectivity index (χ4v) is 2.98. The summed E-state index contributed by atoms with van der Waals surface area (Å²) in [5, 5.41) is 3.43. The van der Waals surface area contributed by atoms with E-state index in [0.29, 0.717) is 4.90 Å². The van der Waals surface area contributed by atoms with Crippen molar-refractivity contribution >= 4 is 15.5 Å². The van der Waals surface area contributed by atoms with Gasteiger partial charge in [0.05, 0.1) is 11.0 Å². The molecule has 0 aromatic heterocycles. The Bertz CT molecular complexity index is 754. The maximum atomic E-state index is 11.5. The van der Waals surface area contributed by atoms with Crippen molar-refractivity contribution in [3.05, 3.63) is 59.7 Å². The van der Waals surface area contributed by atoms with Gasteiger partial charge >= 0.3 is 0 Å². The van der Waals surface area contributed by atoms with E-state index in [0.717, 1.165) is 16.8 Å². The number of rotatable bonds is 6. The highest BCUT2D eigenvalue weighted by atomic mass is 32.2. The Balaban J connectivity index is 2.14. The second-order valence-corrected chi connectivity index (χ2v) is 7.73. The van der Waals surface area contributed by atoms with Crippen LogP contribution < -0.4 is 5.32 Å². The molecule has 0 fully saturated rings. The molecule has 0 saturated heterocycles. The van der Waals surface area contributed by atoms with Gasteiger partial charge in [0.2, 0.25) is 0 Å². The van der Waals surface area contributed by atoms with Gasteiger partial charge in [-0.15, -0.1) is 0 Å². The number of nitrogens with one attached hydrogen (secondary N) is 1. The molecule has 0 bridgehead atoms. The average Bonchev–Trinajstić information content (AvgIpc) is 2.53. The molecule has 0 aliphatic heterocycles. The van der Waals surface area contributed by atoms with Gasteiger partial charge in [-0.05, 0) is 49.2 Å². The third kappa shape index (κ3) is 4.56. The molecule has 0 radical (unpaired) electrons. The lowest BCUT2D eigenvalue weighted by atomic mass is 10.1. The molecule has 23 heavy (non-hydrogen) atoms. The molecule has 0 unspecified atom stereocenters. The molecule has 2 atom stereocenters. The monoisotopic (exact) mass is 333 g/mol. The molecule has 124 valence electrons. The van der Waals surface area contributed by atoms with Crippen LogP contribution in [0, 0.1) is 0 Å². The molecular weight excluding hydrogens is 310 g/mol. The maximum Gasteiger partial charge on any atom is 0.175 e. The van der Waals surface area contributed by atoms with Gasteiger partial charge in [-0.1, -0.05) is 24.3 Å². The summed E-state index contributed by atoms with van der Waals surface area (Å²) >= 11 is 0. The van der Waals surface area contributed by atoms with E-state index in [-0.39, 0.29) is 12.1 Å². The van der Waals surface area contributed by atoms with E-state index in [4.69, 9.17) is 4.74 Å². The van der Waals surface area contributed by atoms with Gasteiger partial charge < -0.3 is 10.1 Å². The molecule has 0 amide bonds. The lowest BCUT2D eigenvalue weighted by molar-refractivity contribution is 0.119. The molecule has 2 aromatic carbocycles. The van der Waals surface area contributed by atoms with E-state index in [1.807, 2.05) is 44.2 Å². The summed E-state index contributed by atoms with van der Waals surface area (Å²) in [6, 6.07) is 15.1. The lowest BCUT2D eigenvalue weighted by Crippen LogP contribution is -2.08. The second-order valence-electron chi connectivity index (χ2n) is 5.71. The minimum atomic E-state index is -3.16. The molecule has 4 nitrogen and oxygen atoms in total. The number of hydrogen-bond donors (Lipinski definition) is 1. The third-order valence-corrected chi connectivity index (χ3v) is 5.03. The zero-order valence-corrected chi connectivity index (χ0v) is 14.7. The van der Waals surface area contributed by atoms with Crippen molar-refractivity contribution in [2.24, 2.45) is 0 Å². The van der Waals surface area contributed by atoms with E-state index >= 15 is 0 Å². The van der Waals surface area contributed by atoms with E-state index in [1.165, 1.54) is 6.26 Å². The van der Waals surface area contributed by atoms with Crippen molar-refractivity contribution in [2.75, 3.05) is 18.7 Å². The van der Waals surface area contributed by atoms with E-state index in [9.17, 15) is 8.42 Å². The smallest absolute Gasteiger partial charge is 0.175 e. The van der Waals surface area contributed by atoms with Gasteiger partial charge in [0, 0.05) is 25.1 Å². The Labute approximate surface area is 138 Å². The normalized spacial score (nSPS) is 14.3. The van der Waals surface area contributed by atoms with Gasteiger partial charge in [0.15, 0.2) is 9.84 Å². The van der Waals surface area contributed by atoms with Crippen LogP contribution in [0.25, 0.3) is 0 Å². The van der Waals surface area contributed by atoms with Crippen LogP contribution >= 0.6 is 0 Å². The predicted molar refractivity (Wildman–Crippen MR) is 93.5 cm³/mol. The highest BCUT2D eigenvalue weighted by Crippen LogP contribution is 2.24. The van der Waals surface area contributed by atoms with Crippen LogP contribution in [0.2, 0.25) is 0 Å². The van der Waals surface area contributed by atoms with Crippen LogP contribution in [0.5, 0.6) is 0 Å². The van der Waals surface area contributed by atoms with Crippen LogP contribution in [0.1, 0.15) is 37.1 Å². The summed E-state index contributed by atoms with van der Waals surface area (Å²) in [6.07, 6.45) is 1.26. The molecule has 1 N–H and O–H groups in total. The van der Waals surface area contributed by atoms with Crippen molar-refractivity contribution in [2.45, 2.75) is 30.9 Å². The Morgan fingerprint density at radius 1 is 1.00 bits per heavy atom. The predicted octanol–water partition coefficient (Wildman–Crippen LogP) is 3.97. The number of anilines is 1. The summed E-state index contributed by atoms with van der Waals surface area (Å²) < 4.78 is 28.4. The fraction of sp³-hybridized carbons (Fsp3) is 0.333. The first-order valence-electron chi connectivity index (χ1n) is 7.50. The van der Waals surface area contributed by atoms with Crippen LogP contribution in [-0.4, -0.2) is 21.8 Å².